The molecule has 3 amide bonds. The summed E-state index contributed by atoms with van der Waals surface area (Å²) in [5.74, 6) is -0.0720. The summed E-state index contributed by atoms with van der Waals surface area (Å²) in [4.78, 5) is 31.1. The van der Waals surface area contributed by atoms with Gasteiger partial charge in [0.2, 0.25) is 5.91 Å². The minimum absolute atomic E-state index is 0.0720. The summed E-state index contributed by atoms with van der Waals surface area (Å²) in [7, 11) is 4.01. The maximum absolute atomic E-state index is 13.5. The van der Waals surface area contributed by atoms with Gasteiger partial charge in [0.05, 0.1) is 17.3 Å². The third-order valence-corrected chi connectivity index (χ3v) is 6.52. The molecule has 9 heteroatoms. The molecule has 1 unspecified atom stereocenters. The molecular weight excluding hydrogens is 430 g/mol. The molecule has 0 saturated carbocycles. The molecule has 0 aliphatic carbocycles. The number of nitrogens with one attached hydrogen (secondary N) is 4. The maximum atomic E-state index is 13.5. The van der Waals surface area contributed by atoms with Crippen LogP contribution in [-0.4, -0.2) is 85.2 Å². The number of urea groups is 1. The van der Waals surface area contributed by atoms with Crippen molar-refractivity contribution in [1.29, 1.82) is 0 Å². The summed E-state index contributed by atoms with van der Waals surface area (Å²) in [6, 6.07) is 9.85. The summed E-state index contributed by atoms with van der Waals surface area (Å²) in [5, 5.41) is 6.71. The Bertz CT molecular complexity index is 913. The van der Waals surface area contributed by atoms with Crippen molar-refractivity contribution in [2.45, 2.75) is 38.5 Å². The van der Waals surface area contributed by atoms with E-state index in [9.17, 15) is 9.59 Å². The predicted molar refractivity (Wildman–Crippen MR) is 135 cm³/mol. The van der Waals surface area contributed by atoms with Gasteiger partial charge in [0.25, 0.3) is 0 Å². The highest BCUT2D eigenvalue weighted by atomic mass is 16.2. The third-order valence-electron chi connectivity index (χ3n) is 6.52. The van der Waals surface area contributed by atoms with E-state index < -0.39 is 5.54 Å². The zero-order valence-electron chi connectivity index (χ0n) is 21.0. The largest absolute Gasteiger partial charge is 0.338 e. The average molecular weight is 470 g/mol. The Morgan fingerprint density at radius 1 is 1.29 bits per heavy atom. The van der Waals surface area contributed by atoms with Gasteiger partial charge in [0, 0.05) is 38.3 Å². The minimum atomic E-state index is -0.490. The minimum Gasteiger partial charge on any atom is -0.338 e. The van der Waals surface area contributed by atoms with E-state index in [0.717, 1.165) is 16.8 Å². The van der Waals surface area contributed by atoms with Crippen molar-refractivity contribution < 1.29 is 9.59 Å². The van der Waals surface area contributed by atoms with Crippen LogP contribution in [0.15, 0.2) is 54.3 Å². The Labute approximate surface area is 203 Å². The molecule has 186 valence electrons. The van der Waals surface area contributed by atoms with E-state index in [1.165, 1.54) is 6.08 Å². The monoisotopic (exact) mass is 469 g/mol. The fraction of sp³-hybridized carbons (Fsp3) is 0.520. The first-order valence-electron chi connectivity index (χ1n) is 11.9. The normalized spacial score (nSPS) is 19.6. The lowest BCUT2D eigenvalue weighted by Gasteiger charge is -2.36. The average Bonchev–Trinajstić information content (AvgIpc) is 3.34. The number of hydrogen-bond acceptors (Lipinski definition) is 6. The van der Waals surface area contributed by atoms with Gasteiger partial charge in [-0.05, 0) is 46.5 Å². The quantitative estimate of drug-likeness (QED) is 0.387. The van der Waals surface area contributed by atoms with Crippen LogP contribution in [0.4, 0.5) is 4.79 Å². The standard InChI is InChI=1S/C25H39N7O2/c1-7-21(33)31(8-2)15-14-26-23-19-16-32(25(3,4)22(19)28-29-23)24(34)27-20(17-30(5)6)18-12-10-9-11-13-18/h7,9-13,20,23,26,28-29H,1,8,14-17H2,2-6H3,(H,27,34)/t20-,23?/m1/s1. The number of nitrogens with zero attached hydrogens (tertiary/aromatic N) is 3. The van der Waals surface area contributed by atoms with E-state index in [0.29, 0.717) is 32.7 Å². The lowest BCUT2D eigenvalue weighted by atomic mass is 10.0. The van der Waals surface area contributed by atoms with Gasteiger partial charge in [-0.25, -0.2) is 10.2 Å². The summed E-state index contributed by atoms with van der Waals surface area (Å²) in [6.07, 6.45) is 1.23. The van der Waals surface area contributed by atoms with Crippen LogP contribution in [0.1, 0.15) is 32.4 Å². The molecule has 0 radical (unpaired) electrons. The van der Waals surface area contributed by atoms with Crippen molar-refractivity contribution in [3.05, 3.63) is 59.8 Å². The lowest BCUT2D eigenvalue weighted by Crippen LogP contribution is -2.56. The number of hydrazine groups is 1. The van der Waals surface area contributed by atoms with Crippen LogP contribution in [0.25, 0.3) is 0 Å². The molecule has 0 spiro atoms. The van der Waals surface area contributed by atoms with Crippen molar-refractivity contribution in [3.8, 4) is 0 Å². The fourth-order valence-corrected chi connectivity index (χ4v) is 4.58. The van der Waals surface area contributed by atoms with Gasteiger partial charge < -0.3 is 25.4 Å². The highest BCUT2D eigenvalue weighted by molar-refractivity contribution is 5.86. The first kappa shape index (κ1) is 25.7. The van der Waals surface area contributed by atoms with Gasteiger partial charge in [-0.1, -0.05) is 36.9 Å². The van der Waals surface area contributed by atoms with Crippen molar-refractivity contribution in [2.75, 3.05) is 46.8 Å². The van der Waals surface area contributed by atoms with Crippen LogP contribution < -0.4 is 21.5 Å². The predicted octanol–water partition coefficient (Wildman–Crippen LogP) is 1.41. The van der Waals surface area contributed by atoms with Gasteiger partial charge in [-0.15, -0.1) is 0 Å². The van der Waals surface area contributed by atoms with E-state index >= 15 is 0 Å². The second-order valence-electron chi connectivity index (χ2n) is 9.50. The van der Waals surface area contributed by atoms with Crippen molar-refractivity contribution >= 4 is 11.9 Å². The second-order valence-corrected chi connectivity index (χ2v) is 9.50. The number of amides is 3. The molecule has 1 aromatic carbocycles. The number of carbonyl (C=O) groups is 2. The Morgan fingerprint density at radius 2 is 2.00 bits per heavy atom. The molecule has 0 bridgehead atoms. The zero-order chi connectivity index (χ0) is 24.9. The molecule has 0 fully saturated rings. The molecule has 3 rings (SSSR count). The first-order valence-corrected chi connectivity index (χ1v) is 11.9. The topological polar surface area (TPSA) is 92.0 Å². The highest BCUT2D eigenvalue weighted by Crippen LogP contribution is 2.36. The van der Waals surface area contributed by atoms with Gasteiger partial charge in [0.15, 0.2) is 0 Å². The Kier molecular flexibility index (Phi) is 8.35. The van der Waals surface area contributed by atoms with Gasteiger partial charge in [-0.2, -0.15) is 0 Å². The number of rotatable bonds is 10. The zero-order valence-corrected chi connectivity index (χ0v) is 21.0. The van der Waals surface area contributed by atoms with Gasteiger partial charge in [0.1, 0.15) is 6.17 Å². The first-order chi connectivity index (χ1) is 16.2. The molecule has 2 aliphatic heterocycles. The Morgan fingerprint density at radius 3 is 2.62 bits per heavy atom. The number of carbonyl (C=O) groups excluding carboxylic acids is 2. The van der Waals surface area contributed by atoms with Crippen LogP contribution in [0.2, 0.25) is 0 Å². The van der Waals surface area contributed by atoms with E-state index in [2.05, 4.69) is 46.8 Å². The second kappa shape index (κ2) is 11.0. The molecule has 2 atom stereocenters. The van der Waals surface area contributed by atoms with Gasteiger partial charge in [-0.3, -0.25) is 10.1 Å². The number of hydrogen-bond donors (Lipinski definition) is 4. The molecular formula is C25H39N7O2. The van der Waals surface area contributed by atoms with E-state index in [1.807, 2.05) is 56.3 Å². The molecule has 4 N–H and O–H groups in total. The molecule has 0 aromatic heterocycles. The molecule has 2 heterocycles. The van der Waals surface area contributed by atoms with Crippen LogP contribution >= 0.6 is 0 Å². The fourth-order valence-electron chi connectivity index (χ4n) is 4.58. The van der Waals surface area contributed by atoms with Crippen molar-refractivity contribution in [2.24, 2.45) is 0 Å². The molecule has 9 nitrogen and oxygen atoms in total. The number of likely N-dealkylation sites (N-methyl/N-ethyl adjacent to an activating group) is 2. The van der Waals surface area contributed by atoms with Crippen LogP contribution in [0.5, 0.6) is 0 Å². The molecule has 2 aliphatic rings. The lowest BCUT2D eigenvalue weighted by molar-refractivity contribution is -0.125. The van der Waals surface area contributed by atoms with Crippen LogP contribution in [-0.2, 0) is 4.79 Å². The third kappa shape index (κ3) is 5.60. The molecule has 0 saturated heterocycles. The van der Waals surface area contributed by atoms with Crippen LogP contribution in [0, 0.1) is 0 Å². The maximum Gasteiger partial charge on any atom is 0.318 e. The van der Waals surface area contributed by atoms with E-state index in [-0.39, 0.29) is 24.1 Å². The summed E-state index contributed by atoms with van der Waals surface area (Å²) < 4.78 is 0. The van der Waals surface area contributed by atoms with E-state index in [4.69, 9.17) is 0 Å². The van der Waals surface area contributed by atoms with Crippen molar-refractivity contribution in [3.63, 3.8) is 0 Å². The summed E-state index contributed by atoms with van der Waals surface area (Å²) >= 11 is 0. The highest BCUT2D eigenvalue weighted by Gasteiger charge is 2.47. The SMILES string of the molecule is C=CC(=O)N(CC)CCNC1NNC2=C1CN(C(=O)N[C@H](CN(C)C)c1ccccc1)C2(C)C. The van der Waals surface area contributed by atoms with E-state index in [1.54, 1.807) is 4.90 Å². The van der Waals surface area contributed by atoms with Crippen molar-refractivity contribution in [1.82, 2.24) is 36.2 Å². The Hall–Kier alpha value is -2.88. The summed E-state index contributed by atoms with van der Waals surface area (Å²) in [5.41, 5.74) is 9.28. The molecule has 34 heavy (non-hydrogen) atoms. The van der Waals surface area contributed by atoms with Crippen LogP contribution in [0.3, 0.4) is 0 Å². The Balaban J connectivity index is 1.65. The smallest absolute Gasteiger partial charge is 0.318 e. The molecule has 1 aromatic rings. The summed E-state index contributed by atoms with van der Waals surface area (Å²) in [6.45, 7) is 12.7. The van der Waals surface area contributed by atoms with Gasteiger partial charge >= 0.3 is 6.03 Å². The number of benzene rings is 1.